The summed E-state index contributed by atoms with van der Waals surface area (Å²) in [6, 6.07) is 17.3. The van der Waals surface area contributed by atoms with E-state index >= 15 is 0 Å². The first-order chi connectivity index (χ1) is 11.1. The molecule has 4 heteroatoms. The lowest BCUT2D eigenvalue weighted by Gasteiger charge is -2.29. The second-order valence-corrected chi connectivity index (χ2v) is 6.01. The highest BCUT2D eigenvalue weighted by atomic mass is 16.6. The van der Waals surface area contributed by atoms with E-state index in [4.69, 9.17) is 9.47 Å². The maximum atomic E-state index is 12.6. The van der Waals surface area contributed by atoms with Gasteiger partial charge < -0.3 is 14.8 Å². The second-order valence-electron chi connectivity index (χ2n) is 6.01. The number of rotatable bonds is 4. The highest BCUT2D eigenvalue weighted by Crippen LogP contribution is 2.31. The zero-order valence-electron chi connectivity index (χ0n) is 13.4. The number of fused-ring (bicyclic) bond motifs is 1. The minimum Gasteiger partial charge on any atom is -0.485 e. The van der Waals surface area contributed by atoms with Gasteiger partial charge in [0.25, 0.3) is 5.91 Å². The number of amides is 1. The van der Waals surface area contributed by atoms with Gasteiger partial charge in [0.05, 0.1) is 6.04 Å². The van der Waals surface area contributed by atoms with Crippen LogP contribution in [0.15, 0.2) is 54.6 Å². The van der Waals surface area contributed by atoms with Gasteiger partial charge in [0.2, 0.25) is 6.10 Å². The van der Waals surface area contributed by atoms with Crippen LogP contribution in [0.1, 0.15) is 25.5 Å². The lowest BCUT2D eigenvalue weighted by Crippen LogP contribution is -2.46. The van der Waals surface area contributed by atoms with E-state index in [2.05, 4.69) is 19.2 Å². The van der Waals surface area contributed by atoms with Crippen molar-refractivity contribution in [3.05, 3.63) is 60.2 Å². The molecule has 0 bridgehead atoms. The molecule has 120 valence electrons. The summed E-state index contributed by atoms with van der Waals surface area (Å²) >= 11 is 0. The topological polar surface area (TPSA) is 47.6 Å². The molecule has 2 atom stereocenters. The molecule has 0 aliphatic carbocycles. The van der Waals surface area contributed by atoms with Crippen molar-refractivity contribution >= 4 is 5.91 Å². The third kappa shape index (κ3) is 3.47. The van der Waals surface area contributed by atoms with Crippen molar-refractivity contribution in [2.24, 2.45) is 5.92 Å². The molecule has 1 heterocycles. The van der Waals surface area contributed by atoms with E-state index in [9.17, 15) is 4.79 Å². The number of hydrogen-bond donors (Lipinski definition) is 1. The monoisotopic (exact) mass is 311 g/mol. The molecule has 0 spiro atoms. The van der Waals surface area contributed by atoms with Crippen molar-refractivity contribution in [2.75, 3.05) is 6.61 Å². The van der Waals surface area contributed by atoms with Crippen LogP contribution < -0.4 is 14.8 Å². The number of benzene rings is 2. The molecule has 23 heavy (non-hydrogen) atoms. The van der Waals surface area contributed by atoms with Crippen LogP contribution in [0.2, 0.25) is 0 Å². The summed E-state index contributed by atoms with van der Waals surface area (Å²) in [5.41, 5.74) is 1.09. The van der Waals surface area contributed by atoms with Gasteiger partial charge in [-0.25, -0.2) is 0 Å². The van der Waals surface area contributed by atoms with Gasteiger partial charge in [0.15, 0.2) is 11.5 Å². The molecule has 1 N–H and O–H groups in total. The van der Waals surface area contributed by atoms with Crippen molar-refractivity contribution in [1.29, 1.82) is 0 Å². The highest BCUT2D eigenvalue weighted by Gasteiger charge is 2.29. The molecular weight excluding hydrogens is 290 g/mol. The van der Waals surface area contributed by atoms with Crippen molar-refractivity contribution < 1.29 is 14.3 Å². The Hall–Kier alpha value is -2.49. The van der Waals surface area contributed by atoms with E-state index in [-0.39, 0.29) is 24.5 Å². The van der Waals surface area contributed by atoms with Crippen LogP contribution >= 0.6 is 0 Å². The molecule has 4 nitrogen and oxygen atoms in total. The van der Waals surface area contributed by atoms with E-state index in [1.54, 1.807) is 0 Å². The Kier molecular flexibility index (Phi) is 4.51. The van der Waals surface area contributed by atoms with Gasteiger partial charge in [0.1, 0.15) is 6.61 Å². The first-order valence-corrected chi connectivity index (χ1v) is 7.89. The predicted molar refractivity (Wildman–Crippen MR) is 88.5 cm³/mol. The van der Waals surface area contributed by atoms with Crippen LogP contribution in [-0.2, 0) is 4.79 Å². The third-order valence-corrected chi connectivity index (χ3v) is 3.92. The van der Waals surface area contributed by atoms with Crippen molar-refractivity contribution in [2.45, 2.75) is 26.0 Å². The molecule has 3 rings (SSSR count). The van der Waals surface area contributed by atoms with Crippen LogP contribution in [-0.4, -0.2) is 18.6 Å². The van der Waals surface area contributed by atoms with E-state index in [1.807, 2.05) is 54.6 Å². The van der Waals surface area contributed by atoms with E-state index < -0.39 is 6.10 Å². The summed E-state index contributed by atoms with van der Waals surface area (Å²) in [5, 5.41) is 3.09. The van der Waals surface area contributed by atoms with Crippen LogP contribution in [0.5, 0.6) is 11.5 Å². The lowest BCUT2D eigenvalue weighted by molar-refractivity contribution is -0.131. The highest BCUT2D eigenvalue weighted by molar-refractivity contribution is 5.82. The number of nitrogens with one attached hydrogen (secondary N) is 1. The van der Waals surface area contributed by atoms with Gasteiger partial charge in [0, 0.05) is 0 Å². The lowest BCUT2D eigenvalue weighted by atomic mass is 9.96. The Balaban J connectivity index is 1.71. The molecule has 0 saturated heterocycles. The van der Waals surface area contributed by atoms with Crippen molar-refractivity contribution in [3.63, 3.8) is 0 Å². The van der Waals surface area contributed by atoms with E-state index in [0.29, 0.717) is 11.5 Å². The van der Waals surface area contributed by atoms with Gasteiger partial charge in [-0.1, -0.05) is 56.3 Å². The fraction of sp³-hybridized carbons (Fsp3) is 0.316. The molecule has 0 radical (unpaired) electrons. The summed E-state index contributed by atoms with van der Waals surface area (Å²) in [6.07, 6.45) is -0.630. The molecule has 1 aliphatic rings. The Morgan fingerprint density at radius 2 is 1.70 bits per heavy atom. The largest absolute Gasteiger partial charge is 0.485 e. The molecule has 0 saturated carbocycles. The van der Waals surface area contributed by atoms with Crippen molar-refractivity contribution in [3.8, 4) is 11.5 Å². The van der Waals surface area contributed by atoms with Crippen molar-refractivity contribution in [1.82, 2.24) is 5.32 Å². The normalized spacial score (nSPS) is 17.6. The fourth-order valence-electron chi connectivity index (χ4n) is 2.69. The molecule has 2 aromatic carbocycles. The molecule has 0 unspecified atom stereocenters. The molecule has 0 fully saturated rings. The zero-order valence-corrected chi connectivity index (χ0v) is 13.4. The average Bonchev–Trinajstić information content (AvgIpc) is 2.59. The second kappa shape index (κ2) is 6.73. The van der Waals surface area contributed by atoms with Crippen LogP contribution in [0.25, 0.3) is 0 Å². The maximum Gasteiger partial charge on any atom is 0.265 e. The van der Waals surface area contributed by atoms with Gasteiger partial charge >= 0.3 is 0 Å². The fourth-order valence-corrected chi connectivity index (χ4v) is 2.69. The summed E-state index contributed by atoms with van der Waals surface area (Å²) < 4.78 is 11.4. The standard InChI is InChI=1S/C19H21NO3/c1-13(2)18(14-8-4-3-5-9-14)20-19(21)17-12-22-15-10-6-7-11-16(15)23-17/h3-11,13,17-18H,12H2,1-2H3,(H,20,21)/t17-,18-/m0/s1. The van der Waals surface area contributed by atoms with Gasteiger partial charge in [-0.05, 0) is 23.6 Å². The van der Waals surface area contributed by atoms with Gasteiger partial charge in [-0.3, -0.25) is 4.79 Å². The first kappa shape index (κ1) is 15.4. The SMILES string of the molecule is CC(C)[C@H](NC(=O)[C@@H]1COc2ccccc2O1)c1ccccc1. The quantitative estimate of drug-likeness (QED) is 0.942. The summed E-state index contributed by atoms with van der Waals surface area (Å²) in [5.74, 6) is 1.42. The zero-order chi connectivity index (χ0) is 16.2. The minimum absolute atomic E-state index is 0.0514. The Morgan fingerprint density at radius 1 is 1.04 bits per heavy atom. The van der Waals surface area contributed by atoms with Gasteiger partial charge in [-0.2, -0.15) is 0 Å². The van der Waals surface area contributed by atoms with E-state index in [0.717, 1.165) is 5.56 Å². The van der Waals surface area contributed by atoms with Crippen LogP contribution in [0.3, 0.4) is 0 Å². The number of para-hydroxylation sites is 2. The van der Waals surface area contributed by atoms with Crippen LogP contribution in [0, 0.1) is 5.92 Å². The average molecular weight is 311 g/mol. The third-order valence-electron chi connectivity index (χ3n) is 3.92. The Labute approximate surface area is 136 Å². The predicted octanol–water partition coefficient (Wildman–Crippen LogP) is 3.34. The summed E-state index contributed by atoms with van der Waals surface area (Å²) in [6.45, 7) is 4.40. The summed E-state index contributed by atoms with van der Waals surface area (Å²) in [7, 11) is 0. The van der Waals surface area contributed by atoms with Gasteiger partial charge in [-0.15, -0.1) is 0 Å². The molecule has 0 aromatic heterocycles. The number of carbonyl (C=O) groups is 1. The summed E-state index contributed by atoms with van der Waals surface area (Å²) in [4.78, 5) is 12.6. The van der Waals surface area contributed by atoms with Crippen LogP contribution in [0.4, 0.5) is 0 Å². The first-order valence-electron chi connectivity index (χ1n) is 7.89. The Bertz CT molecular complexity index is 669. The number of carbonyl (C=O) groups excluding carboxylic acids is 1. The minimum atomic E-state index is -0.630. The number of ether oxygens (including phenoxy) is 2. The molecular formula is C19H21NO3. The number of hydrogen-bond acceptors (Lipinski definition) is 3. The Morgan fingerprint density at radius 3 is 2.39 bits per heavy atom. The molecule has 1 amide bonds. The van der Waals surface area contributed by atoms with E-state index in [1.165, 1.54) is 0 Å². The smallest absolute Gasteiger partial charge is 0.265 e. The molecule has 2 aromatic rings. The molecule has 1 aliphatic heterocycles. The maximum absolute atomic E-state index is 12.6.